The minimum absolute atomic E-state index is 0.554. The van der Waals surface area contributed by atoms with E-state index in [4.69, 9.17) is 5.73 Å². The Morgan fingerprint density at radius 2 is 1.84 bits per heavy atom. The third-order valence-corrected chi connectivity index (χ3v) is 4.34. The zero-order chi connectivity index (χ0) is 14.0. The van der Waals surface area contributed by atoms with Crippen molar-refractivity contribution in [1.29, 1.82) is 0 Å². The lowest BCUT2D eigenvalue weighted by atomic mass is 10.0. The van der Waals surface area contributed by atoms with E-state index in [1.807, 2.05) is 0 Å². The van der Waals surface area contributed by atoms with Gasteiger partial charge in [0, 0.05) is 30.9 Å². The standard InChI is InChI=1S/C16H27N3/c1-12-6-5-7-13(2)16(12)19-11-15(8-9-17)18(4)10-14(19)3/h5-7,14-15H,8-11,17H2,1-4H3. The Morgan fingerprint density at radius 1 is 1.21 bits per heavy atom. The molecule has 1 aliphatic rings. The second-order valence-electron chi connectivity index (χ2n) is 5.91. The van der Waals surface area contributed by atoms with E-state index >= 15 is 0 Å². The van der Waals surface area contributed by atoms with E-state index in [9.17, 15) is 0 Å². The Balaban J connectivity index is 2.27. The van der Waals surface area contributed by atoms with Crippen molar-refractivity contribution in [3.63, 3.8) is 0 Å². The average Bonchev–Trinajstić information content (AvgIpc) is 2.34. The van der Waals surface area contributed by atoms with Gasteiger partial charge in [0.1, 0.15) is 0 Å². The maximum Gasteiger partial charge on any atom is 0.0429 e. The molecule has 0 amide bonds. The maximum atomic E-state index is 5.75. The van der Waals surface area contributed by atoms with Gasteiger partial charge < -0.3 is 10.6 Å². The number of para-hydroxylation sites is 1. The summed E-state index contributed by atoms with van der Waals surface area (Å²) in [6.45, 7) is 9.71. The van der Waals surface area contributed by atoms with Crippen LogP contribution in [0.5, 0.6) is 0 Å². The molecule has 1 saturated heterocycles. The fraction of sp³-hybridized carbons (Fsp3) is 0.625. The Labute approximate surface area is 117 Å². The van der Waals surface area contributed by atoms with Crippen LogP contribution in [-0.4, -0.2) is 43.7 Å². The van der Waals surface area contributed by atoms with Crippen molar-refractivity contribution >= 4 is 5.69 Å². The van der Waals surface area contributed by atoms with Crippen LogP contribution in [0.4, 0.5) is 5.69 Å². The topological polar surface area (TPSA) is 32.5 Å². The van der Waals surface area contributed by atoms with Crippen LogP contribution in [0.15, 0.2) is 18.2 Å². The van der Waals surface area contributed by atoms with E-state index in [2.05, 4.69) is 55.8 Å². The van der Waals surface area contributed by atoms with Crippen molar-refractivity contribution in [2.75, 3.05) is 31.6 Å². The summed E-state index contributed by atoms with van der Waals surface area (Å²) in [5.74, 6) is 0. The molecule has 1 fully saturated rings. The van der Waals surface area contributed by atoms with E-state index in [0.29, 0.717) is 12.1 Å². The molecule has 1 aromatic rings. The molecule has 0 bridgehead atoms. The van der Waals surface area contributed by atoms with E-state index < -0.39 is 0 Å². The number of nitrogens with two attached hydrogens (primary N) is 1. The van der Waals surface area contributed by atoms with Crippen molar-refractivity contribution < 1.29 is 0 Å². The molecular formula is C16H27N3. The quantitative estimate of drug-likeness (QED) is 0.905. The van der Waals surface area contributed by atoms with Gasteiger partial charge in [0.05, 0.1) is 0 Å². The Morgan fingerprint density at radius 3 is 2.42 bits per heavy atom. The van der Waals surface area contributed by atoms with Gasteiger partial charge in [0.2, 0.25) is 0 Å². The Hall–Kier alpha value is -1.06. The number of rotatable bonds is 3. The number of hydrogen-bond donors (Lipinski definition) is 1. The first-order chi connectivity index (χ1) is 9.04. The van der Waals surface area contributed by atoms with Gasteiger partial charge in [-0.1, -0.05) is 18.2 Å². The van der Waals surface area contributed by atoms with E-state index in [1.165, 1.54) is 16.8 Å². The summed E-state index contributed by atoms with van der Waals surface area (Å²) >= 11 is 0. The summed E-state index contributed by atoms with van der Waals surface area (Å²) in [4.78, 5) is 5.03. The van der Waals surface area contributed by atoms with Crippen LogP contribution in [0.1, 0.15) is 24.5 Å². The van der Waals surface area contributed by atoms with Gasteiger partial charge in [-0.25, -0.2) is 0 Å². The Kier molecular flexibility index (Phi) is 4.48. The van der Waals surface area contributed by atoms with Gasteiger partial charge in [-0.15, -0.1) is 0 Å². The first-order valence-corrected chi connectivity index (χ1v) is 7.27. The first kappa shape index (κ1) is 14.4. The number of benzene rings is 1. The fourth-order valence-electron chi connectivity index (χ4n) is 3.29. The van der Waals surface area contributed by atoms with Crippen LogP contribution >= 0.6 is 0 Å². The molecule has 1 aliphatic heterocycles. The minimum Gasteiger partial charge on any atom is -0.366 e. The van der Waals surface area contributed by atoms with Crippen molar-refractivity contribution in [3.05, 3.63) is 29.3 Å². The zero-order valence-electron chi connectivity index (χ0n) is 12.7. The molecule has 0 spiro atoms. The molecule has 0 aromatic heterocycles. The molecule has 3 heteroatoms. The lowest BCUT2D eigenvalue weighted by Gasteiger charge is -2.46. The molecule has 1 heterocycles. The van der Waals surface area contributed by atoms with Crippen molar-refractivity contribution in [3.8, 4) is 0 Å². The van der Waals surface area contributed by atoms with Gasteiger partial charge in [-0.2, -0.15) is 0 Å². The summed E-state index contributed by atoms with van der Waals surface area (Å²) in [6.07, 6.45) is 1.07. The number of likely N-dealkylation sites (N-methyl/N-ethyl adjacent to an activating group) is 1. The van der Waals surface area contributed by atoms with Crippen LogP contribution in [0.25, 0.3) is 0 Å². The predicted molar refractivity (Wildman–Crippen MR) is 82.8 cm³/mol. The van der Waals surface area contributed by atoms with Crippen molar-refractivity contribution in [2.45, 2.75) is 39.3 Å². The largest absolute Gasteiger partial charge is 0.366 e. The summed E-state index contributed by atoms with van der Waals surface area (Å²) < 4.78 is 0. The first-order valence-electron chi connectivity index (χ1n) is 7.27. The molecule has 106 valence electrons. The van der Waals surface area contributed by atoms with Gasteiger partial charge >= 0.3 is 0 Å². The lowest BCUT2D eigenvalue weighted by molar-refractivity contribution is 0.185. The average molecular weight is 261 g/mol. The normalized spacial score (nSPS) is 24.8. The third-order valence-electron chi connectivity index (χ3n) is 4.34. The summed E-state index contributed by atoms with van der Waals surface area (Å²) in [5.41, 5.74) is 9.93. The number of piperazine rings is 1. The van der Waals surface area contributed by atoms with Crippen LogP contribution in [-0.2, 0) is 0 Å². The zero-order valence-corrected chi connectivity index (χ0v) is 12.7. The van der Waals surface area contributed by atoms with Gasteiger partial charge in [0.15, 0.2) is 0 Å². The predicted octanol–water partition coefficient (Wildman–Crippen LogP) is 2.16. The molecule has 2 rings (SSSR count). The van der Waals surface area contributed by atoms with E-state index in [0.717, 1.165) is 26.1 Å². The highest BCUT2D eigenvalue weighted by atomic mass is 15.3. The Bertz CT molecular complexity index is 410. The van der Waals surface area contributed by atoms with Gasteiger partial charge in [-0.3, -0.25) is 4.90 Å². The van der Waals surface area contributed by atoms with Gasteiger partial charge in [-0.05, 0) is 51.9 Å². The molecule has 0 saturated carbocycles. The highest BCUT2D eigenvalue weighted by Gasteiger charge is 2.30. The molecule has 3 nitrogen and oxygen atoms in total. The summed E-state index contributed by atoms with van der Waals surface area (Å²) in [5, 5.41) is 0. The fourth-order valence-corrected chi connectivity index (χ4v) is 3.29. The van der Waals surface area contributed by atoms with Gasteiger partial charge in [0.25, 0.3) is 0 Å². The minimum atomic E-state index is 0.554. The molecule has 2 atom stereocenters. The monoisotopic (exact) mass is 261 g/mol. The number of hydrogen-bond acceptors (Lipinski definition) is 3. The molecule has 2 unspecified atom stereocenters. The molecule has 0 radical (unpaired) electrons. The van der Waals surface area contributed by atoms with E-state index in [1.54, 1.807) is 0 Å². The van der Waals surface area contributed by atoms with Crippen LogP contribution < -0.4 is 10.6 Å². The third kappa shape index (κ3) is 2.93. The molecule has 2 N–H and O–H groups in total. The second-order valence-corrected chi connectivity index (χ2v) is 5.91. The van der Waals surface area contributed by atoms with Crippen LogP contribution in [0, 0.1) is 13.8 Å². The molecule has 0 aliphatic carbocycles. The second kappa shape index (κ2) is 5.93. The highest BCUT2D eigenvalue weighted by Crippen LogP contribution is 2.29. The summed E-state index contributed by atoms with van der Waals surface area (Å²) in [6, 6.07) is 7.70. The lowest BCUT2D eigenvalue weighted by Crippen LogP contribution is -2.56. The van der Waals surface area contributed by atoms with Crippen LogP contribution in [0.3, 0.4) is 0 Å². The smallest absolute Gasteiger partial charge is 0.0429 e. The summed E-state index contributed by atoms with van der Waals surface area (Å²) in [7, 11) is 2.22. The number of anilines is 1. The molecule has 1 aromatic carbocycles. The van der Waals surface area contributed by atoms with Crippen molar-refractivity contribution in [2.24, 2.45) is 5.73 Å². The maximum absolute atomic E-state index is 5.75. The highest BCUT2D eigenvalue weighted by molar-refractivity contribution is 5.60. The SMILES string of the molecule is Cc1cccc(C)c1N1CC(CCN)N(C)CC1C. The van der Waals surface area contributed by atoms with Crippen LogP contribution in [0.2, 0.25) is 0 Å². The van der Waals surface area contributed by atoms with Crippen molar-refractivity contribution in [1.82, 2.24) is 4.90 Å². The van der Waals surface area contributed by atoms with E-state index in [-0.39, 0.29) is 0 Å². The molecular weight excluding hydrogens is 234 g/mol. The molecule has 19 heavy (non-hydrogen) atoms. The number of aryl methyl sites for hydroxylation is 2. The number of nitrogens with zero attached hydrogens (tertiary/aromatic N) is 2.